The van der Waals surface area contributed by atoms with Gasteiger partial charge in [0, 0.05) is 19.2 Å². The van der Waals surface area contributed by atoms with Gasteiger partial charge in [-0.15, -0.1) is 0 Å². The molecule has 20 heavy (non-hydrogen) atoms. The van der Waals surface area contributed by atoms with Crippen LogP contribution >= 0.6 is 0 Å². The van der Waals surface area contributed by atoms with E-state index in [-0.39, 0.29) is 11.9 Å². The molecular formula is C11H13F3N4O2. The number of nitro groups is 1. The molecule has 0 saturated heterocycles. The van der Waals surface area contributed by atoms with E-state index in [1.54, 1.807) is 7.05 Å². The molecule has 1 aromatic heterocycles. The summed E-state index contributed by atoms with van der Waals surface area (Å²) in [7, 11) is 1.54. The van der Waals surface area contributed by atoms with Gasteiger partial charge in [-0.3, -0.25) is 10.1 Å². The predicted molar refractivity (Wildman–Crippen MR) is 66.9 cm³/mol. The summed E-state index contributed by atoms with van der Waals surface area (Å²) in [6.07, 6.45) is -3.27. The van der Waals surface area contributed by atoms with Crippen molar-refractivity contribution >= 4 is 17.3 Å². The summed E-state index contributed by atoms with van der Waals surface area (Å²) in [5.74, 6) is 0.0556. The van der Waals surface area contributed by atoms with Gasteiger partial charge < -0.3 is 10.2 Å². The molecule has 2 rings (SSSR count). The molecule has 1 aliphatic rings. The molecule has 0 atom stereocenters. The van der Waals surface area contributed by atoms with Gasteiger partial charge in [0.2, 0.25) is 5.82 Å². The topological polar surface area (TPSA) is 71.3 Å². The molecule has 1 saturated carbocycles. The van der Waals surface area contributed by atoms with E-state index < -0.39 is 23.3 Å². The first kappa shape index (κ1) is 14.4. The number of anilines is 2. The van der Waals surface area contributed by atoms with Gasteiger partial charge in [-0.1, -0.05) is 0 Å². The number of rotatable bonds is 5. The number of pyridine rings is 1. The van der Waals surface area contributed by atoms with E-state index in [1.807, 2.05) is 0 Å². The summed E-state index contributed by atoms with van der Waals surface area (Å²) >= 11 is 0. The Balaban J connectivity index is 2.42. The molecule has 9 heteroatoms. The van der Waals surface area contributed by atoms with Crippen molar-refractivity contribution in [2.75, 3.05) is 23.8 Å². The summed E-state index contributed by atoms with van der Waals surface area (Å²) in [6.45, 7) is -1.24. The third-order valence-electron chi connectivity index (χ3n) is 2.92. The Kier molecular flexibility index (Phi) is 3.69. The Morgan fingerprint density at radius 1 is 1.50 bits per heavy atom. The zero-order chi connectivity index (χ0) is 14.9. The van der Waals surface area contributed by atoms with Crippen LogP contribution in [0.3, 0.4) is 0 Å². The van der Waals surface area contributed by atoms with Crippen molar-refractivity contribution in [2.45, 2.75) is 25.1 Å². The summed E-state index contributed by atoms with van der Waals surface area (Å²) in [5.41, 5.74) is -0.417. The van der Waals surface area contributed by atoms with Crippen molar-refractivity contribution in [1.82, 2.24) is 4.98 Å². The highest BCUT2D eigenvalue weighted by Crippen LogP contribution is 2.38. The molecule has 0 spiro atoms. The lowest BCUT2D eigenvalue weighted by atomic mass is 10.3. The fourth-order valence-electron chi connectivity index (χ4n) is 1.89. The fraction of sp³-hybridized carbons (Fsp3) is 0.545. The minimum Gasteiger partial charge on any atom is -0.373 e. The average molecular weight is 290 g/mol. The van der Waals surface area contributed by atoms with Crippen LogP contribution in [0.15, 0.2) is 12.1 Å². The molecule has 6 nitrogen and oxygen atoms in total. The molecule has 110 valence electrons. The van der Waals surface area contributed by atoms with Crippen LogP contribution in [0.4, 0.5) is 30.5 Å². The zero-order valence-corrected chi connectivity index (χ0v) is 10.6. The van der Waals surface area contributed by atoms with E-state index in [2.05, 4.69) is 10.3 Å². The summed E-state index contributed by atoms with van der Waals surface area (Å²) in [4.78, 5) is 15.2. The number of nitrogens with zero attached hydrogens (tertiary/aromatic N) is 3. The van der Waals surface area contributed by atoms with Crippen molar-refractivity contribution in [2.24, 2.45) is 0 Å². The first-order chi connectivity index (χ1) is 9.31. The van der Waals surface area contributed by atoms with Crippen LogP contribution in [0.25, 0.3) is 0 Å². The van der Waals surface area contributed by atoms with Gasteiger partial charge in [0.05, 0.1) is 4.92 Å². The molecule has 0 unspecified atom stereocenters. The van der Waals surface area contributed by atoms with E-state index in [0.29, 0.717) is 18.7 Å². The Bertz CT molecular complexity index is 517. The van der Waals surface area contributed by atoms with Crippen LogP contribution in [0.1, 0.15) is 12.8 Å². The predicted octanol–water partition coefficient (Wildman–Crippen LogP) is 2.56. The second-order valence-corrected chi connectivity index (χ2v) is 4.52. The molecule has 1 heterocycles. The van der Waals surface area contributed by atoms with Crippen LogP contribution in [0, 0.1) is 10.1 Å². The molecule has 1 aromatic rings. The maximum atomic E-state index is 12.6. The van der Waals surface area contributed by atoms with E-state index in [4.69, 9.17) is 0 Å². The number of alkyl halides is 3. The van der Waals surface area contributed by atoms with Crippen molar-refractivity contribution in [1.29, 1.82) is 0 Å². The lowest BCUT2D eigenvalue weighted by Crippen LogP contribution is -2.37. The van der Waals surface area contributed by atoms with Crippen molar-refractivity contribution in [3.05, 3.63) is 22.2 Å². The Labute approximate surface area is 112 Å². The highest BCUT2D eigenvalue weighted by atomic mass is 19.4. The van der Waals surface area contributed by atoms with E-state index in [9.17, 15) is 23.3 Å². The molecule has 0 bridgehead atoms. The molecule has 0 aliphatic heterocycles. The van der Waals surface area contributed by atoms with Crippen LogP contribution in [0.2, 0.25) is 0 Å². The standard InChI is InChI=1S/C11H13F3N4O2/c1-15-9-5-4-8(18(19)20)10(16-9)17(7-2-3-7)6-11(12,13)14/h4-5,7H,2-3,6H2,1H3,(H,15,16). The maximum absolute atomic E-state index is 12.6. The lowest BCUT2D eigenvalue weighted by molar-refractivity contribution is -0.384. The molecule has 0 amide bonds. The van der Waals surface area contributed by atoms with Gasteiger partial charge in [-0.25, -0.2) is 4.98 Å². The quantitative estimate of drug-likeness (QED) is 0.666. The summed E-state index contributed by atoms with van der Waals surface area (Å²) < 4.78 is 37.9. The minimum absolute atomic E-state index is 0.235. The van der Waals surface area contributed by atoms with E-state index in [0.717, 1.165) is 4.90 Å². The van der Waals surface area contributed by atoms with Gasteiger partial charge in [0.25, 0.3) is 0 Å². The number of aromatic nitrogens is 1. The number of nitrogens with one attached hydrogen (secondary N) is 1. The van der Waals surface area contributed by atoms with Gasteiger partial charge in [-0.05, 0) is 18.9 Å². The third kappa shape index (κ3) is 3.28. The Morgan fingerprint density at radius 2 is 2.15 bits per heavy atom. The van der Waals surface area contributed by atoms with Crippen LogP contribution in [0.5, 0.6) is 0 Å². The van der Waals surface area contributed by atoms with Gasteiger partial charge >= 0.3 is 11.9 Å². The summed E-state index contributed by atoms with van der Waals surface area (Å²) in [5, 5.41) is 13.6. The second-order valence-electron chi connectivity index (χ2n) is 4.52. The normalized spacial score (nSPS) is 15.0. The average Bonchev–Trinajstić information content (AvgIpc) is 3.18. The lowest BCUT2D eigenvalue weighted by Gasteiger charge is -2.24. The van der Waals surface area contributed by atoms with Crippen molar-refractivity contribution < 1.29 is 18.1 Å². The third-order valence-corrected chi connectivity index (χ3v) is 2.92. The first-order valence-electron chi connectivity index (χ1n) is 5.98. The molecule has 1 N–H and O–H groups in total. The van der Waals surface area contributed by atoms with Crippen molar-refractivity contribution in [3.8, 4) is 0 Å². The molecule has 1 aliphatic carbocycles. The smallest absolute Gasteiger partial charge is 0.373 e. The van der Waals surface area contributed by atoms with Gasteiger partial charge in [-0.2, -0.15) is 13.2 Å². The molecular weight excluding hydrogens is 277 g/mol. The monoisotopic (exact) mass is 290 g/mol. The summed E-state index contributed by atoms with van der Waals surface area (Å²) in [6, 6.07) is 2.19. The minimum atomic E-state index is -4.44. The van der Waals surface area contributed by atoms with Gasteiger partial charge in [0.1, 0.15) is 12.4 Å². The molecule has 1 fully saturated rings. The Morgan fingerprint density at radius 3 is 2.60 bits per heavy atom. The second kappa shape index (κ2) is 5.14. The zero-order valence-electron chi connectivity index (χ0n) is 10.6. The van der Waals surface area contributed by atoms with E-state index >= 15 is 0 Å². The fourth-order valence-corrected chi connectivity index (χ4v) is 1.89. The largest absolute Gasteiger partial charge is 0.405 e. The molecule has 0 radical (unpaired) electrons. The van der Waals surface area contributed by atoms with Crippen LogP contribution in [-0.4, -0.2) is 35.7 Å². The van der Waals surface area contributed by atoms with Crippen LogP contribution < -0.4 is 10.2 Å². The highest BCUT2D eigenvalue weighted by Gasteiger charge is 2.41. The van der Waals surface area contributed by atoms with E-state index in [1.165, 1.54) is 12.1 Å². The SMILES string of the molecule is CNc1ccc([N+](=O)[O-])c(N(CC(F)(F)F)C2CC2)n1. The maximum Gasteiger partial charge on any atom is 0.405 e. The number of hydrogen-bond acceptors (Lipinski definition) is 5. The number of hydrogen-bond donors (Lipinski definition) is 1. The molecule has 0 aromatic carbocycles. The van der Waals surface area contributed by atoms with Crippen molar-refractivity contribution in [3.63, 3.8) is 0 Å². The Hall–Kier alpha value is -2.06. The van der Waals surface area contributed by atoms with Crippen LogP contribution in [-0.2, 0) is 0 Å². The number of halogens is 3. The highest BCUT2D eigenvalue weighted by molar-refractivity contribution is 5.63. The first-order valence-corrected chi connectivity index (χ1v) is 5.98. The van der Waals surface area contributed by atoms with Gasteiger partial charge in [0.15, 0.2) is 0 Å².